The van der Waals surface area contributed by atoms with E-state index < -0.39 is 33.8 Å². The molecule has 1 heterocycles. The molecule has 19 heavy (non-hydrogen) atoms. The Balaban J connectivity index is 2.77. The van der Waals surface area contributed by atoms with E-state index in [4.69, 9.17) is 4.74 Å². The number of halogens is 3. The van der Waals surface area contributed by atoms with E-state index in [1.54, 1.807) is 0 Å². The lowest BCUT2D eigenvalue weighted by Gasteiger charge is -2.19. The van der Waals surface area contributed by atoms with Crippen LogP contribution in [0.1, 0.15) is 19.3 Å². The van der Waals surface area contributed by atoms with Crippen molar-refractivity contribution < 1.29 is 40.0 Å². The minimum Gasteiger partial charge on any atom is -0.467 e. The molecular formula is C9H13F3O6S. The average molecular weight is 306 g/mol. The van der Waals surface area contributed by atoms with Crippen LogP contribution in [0.15, 0.2) is 0 Å². The van der Waals surface area contributed by atoms with Crippen LogP contribution in [-0.4, -0.2) is 45.8 Å². The maximum absolute atomic E-state index is 12.2. The zero-order valence-electron chi connectivity index (χ0n) is 9.97. The van der Waals surface area contributed by atoms with Crippen molar-refractivity contribution >= 4 is 16.1 Å². The van der Waals surface area contributed by atoms with Gasteiger partial charge in [-0.25, -0.2) is 8.98 Å². The summed E-state index contributed by atoms with van der Waals surface area (Å²) < 4.78 is 71.5. The fourth-order valence-corrected chi connectivity index (χ4v) is 2.15. The molecule has 112 valence electrons. The van der Waals surface area contributed by atoms with Crippen molar-refractivity contribution in [3.63, 3.8) is 0 Å². The highest BCUT2D eigenvalue weighted by molar-refractivity contribution is 7.87. The smallest absolute Gasteiger partial charge is 0.467 e. The maximum Gasteiger partial charge on any atom is 0.523 e. The molecule has 0 aromatic rings. The molecule has 10 heteroatoms. The van der Waals surface area contributed by atoms with E-state index in [0.717, 1.165) is 7.11 Å². The first-order valence-corrected chi connectivity index (χ1v) is 6.77. The van der Waals surface area contributed by atoms with Crippen LogP contribution in [0.2, 0.25) is 0 Å². The molecule has 1 saturated heterocycles. The van der Waals surface area contributed by atoms with Crippen LogP contribution >= 0.6 is 0 Å². The third-order valence-electron chi connectivity index (χ3n) is 2.49. The largest absolute Gasteiger partial charge is 0.523 e. The van der Waals surface area contributed by atoms with Gasteiger partial charge in [-0.1, -0.05) is 0 Å². The molecule has 1 fully saturated rings. The van der Waals surface area contributed by atoms with Gasteiger partial charge in [-0.05, 0) is 12.8 Å². The van der Waals surface area contributed by atoms with Gasteiger partial charge in [0, 0.05) is 13.0 Å². The highest BCUT2D eigenvalue weighted by atomic mass is 32.2. The summed E-state index contributed by atoms with van der Waals surface area (Å²) in [5.74, 6) is -1.19. The molecule has 0 aliphatic carbocycles. The van der Waals surface area contributed by atoms with Gasteiger partial charge >= 0.3 is 21.6 Å². The second kappa shape index (κ2) is 6.06. The summed E-state index contributed by atoms with van der Waals surface area (Å²) in [6, 6.07) is 0. The van der Waals surface area contributed by atoms with Crippen molar-refractivity contribution in [3.8, 4) is 0 Å². The van der Waals surface area contributed by atoms with Crippen LogP contribution in [0, 0.1) is 0 Å². The second-order valence-electron chi connectivity index (χ2n) is 3.88. The van der Waals surface area contributed by atoms with Crippen molar-refractivity contribution in [2.24, 2.45) is 0 Å². The number of carbonyl (C=O) groups is 1. The predicted molar refractivity (Wildman–Crippen MR) is 55.5 cm³/mol. The predicted octanol–water partition coefficient (Wildman–Crippen LogP) is 0.963. The summed E-state index contributed by atoms with van der Waals surface area (Å²) in [5, 5.41) is 0. The maximum atomic E-state index is 12.2. The number of carbonyl (C=O) groups excluding carboxylic acids is 1. The quantitative estimate of drug-likeness (QED) is 0.428. The van der Waals surface area contributed by atoms with Crippen molar-refractivity contribution in [1.82, 2.24) is 0 Å². The van der Waals surface area contributed by atoms with Gasteiger partial charge < -0.3 is 9.47 Å². The summed E-state index contributed by atoms with van der Waals surface area (Å²) in [4.78, 5) is 11.3. The van der Waals surface area contributed by atoms with Crippen LogP contribution in [0.4, 0.5) is 13.2 Å². The summed E-state index contributed by atoms with van der Waals surface area (Å²) in [7, 11) is -4.93. The zero-order valence-corrected chi connectivity index (χ0v) is 10.8. The van der Waals surface area contributed by atoms with E-state index in [9.17, 15) is 26.4 Å². The second-order valence-corrected chi connectivity index (χ2v) is 5.44. The normalized spacial score (nSPS) is 22.2. The Morgan fingerprint density at radius 3 is 2.53 bits per heavy atom. The molecule has 0 N–H and O–H groups in total. The van der Waals surface area contributed by atoms with Gasteiger partial charge in [0.15, 0.2) is 6.10 Å². The number of rotatable bonds is 5. The SMILES string of the molecule is COC(=O)[C@@H](CC1CCCO1)OS(=O)(=O)C(F)(F)F. The van der Waals surface area contributed by atoms with Gasteiger partial charge in [-0.3, -0.25) is 0 Å². The Labute approximate surface area is 107 Å². The lowest BCUT2D eigenvalue weighted by Crippen LogP contribution is -2.36. The lowest BCUT2D eigenvalue weighted by molar-refractivity contribution is -0.151. The average Bonchev–Trinajstić information content (AvgIpc) is 2.78. The standard InChI is InChI=1S/C9H13F3O6S/c1-16-8(13)7(5-6-3-2-4-17-6)18-19(14,15)9(10,11)12/h6-7H,2-5H2,1H3/t6?,7-/m1/s1. The molecule has 1 aliphatic rings. The van der Waals surface area contributed by atoms with Crippen molar-refractivity contribution in [3.05, 3.63) is 0 Å². The van der Waals surface area contributed by atoms with Crippen LogP contribution in [-0.2, 0) is 28.6 Å². The summed E-state index contributed by atoms with van der Waals surface area (Å²) in [5.41, 5.74) is -5.59. The molecule has 2 atom stereocenters. The zero-order chi connectivity index (χ0) is 14.7. The minimum atomic E-state index is -5.85. The summed E-state index contributed by atoms with van der Waals surface area (Å²) >= 11 is 0. The van der Waals surface area contributed by atoms with E-state index in [-0.39, 0.29) is 6.42 Å². The van der Waals surface area contributed by atoms with Crippen molar-refractivity contribution in [1.29, 1.82) is 0 Å². The van der Waals surface area contributed by atoms with E-state index in [1.165, 1.54) is 0 Å². The number of alkyl halides is 3. The van der Waals surface area contributed by atoms with Crippen LogP contribution in [0.5, 0.6) is 0 Å². The Kier molecular flexibility index (Phi) is 5.16. The molecule has 1 unspecified atom stereocenters. The lowest BCUT2D eigenvalue weighted by atomic mass is 10.1. The third-order valence-corrected chi connectivity index (χ3v) is 3.54. The van der Waals surface area contributed by atoms with Crippen LogP contribution in [0.25, 0.3) is 0 Å². The first-order valence-electron chi connectivity index (χ1n) is 5.36. The van der Waals surface area contributed by atoms with Gasteiger partial charge in [-0.2, -0.15) is 21.6 Å². The molecule has 0 aromatic carbocycles. The van der Waals surface area contributed by atoms with Gasteiger partial charge in [0.05, 0.1) is 13.2 Å². The molecule has 1 aliphatic heterocycles. The Bertz CT molecular complexity index is 412. The Hall–Kier alpha value is -0.870. The third kappa shape index (κ3) is 4.32. The van der Waals surface area contributed by atoms with Crippen molar-refractivity contribution in [2.45, 2.75) is 37.0 Å². The van der Waals surface area contributed by atoms with Gasteiger partial charge in [0.2, 0.25) is 0 Å². The van der Waals surface area contributed by atoms with Gasteiger partial charge in [-0.15, -0.1) is 0 Å². The Morgan fingerprint density at radius 2 is 2.11 bits per heavy atom. The molecule has 0 spiro atoms. The molecule has 6 nitrogen and oxygen atoms in total. The highest BCUT2D eigenvalue weighted by Crippen LogP contribution is 2.28. The molecule has 1 rings (SSSR count). The van der Waals surface area contributed by atoms with E-state index in [1.807, 2.05) is 0 Å². The minimum absolute atomic E-state index is 0.304. The molecular weight excluding hydrogens is 293 g/mol. The van der Waals surface area contributed by atoms with Crippen molar-refractivity contribution in [2.75, 3.05) is 13.7 Å². The number of methoxy groups -OCH3 is 1. The number of ether oxygens (including phenoxy) is 2. The Morgan fingerprint density at radius 1 is 1.47 bits per heavy atom. The molecule has 0 bridgehead atoms. The molecule has 0 amide bonds. The number of esters is 1. The van der Waals surface area contributed by atoms with E-state index >= 15 is 0 Å². The number of hydrogen-bond acceptors (Lipinski definition) is 6. The monoisotopic (exact) mass is 306 g/mol. The first-order chi connectivity index (χ1) is 8.67. The van der Waals surface area contributed by atoms with E-state index in [2.05, 4.69) is 8.92 Å². The fourth-order valence-electron chi connectivity index (χ4n) is 1.58. The summed E-state index contributed by atoms with van der Waals surface area (Å²) in [6.07, 6.45) is -1.48. The molecule has 0 radical (unpaired) electrons. The molecule has 0 aromatic heterocycles. The molecule has 0 saturated carbocycles. The van der Waals surface area contributed by atoms with E-state index in [0.29, 0.717) is 19.4 Å². The van der Waals surface area contributed by atoms with Gasteiger partial charge in [0.25, 0.3) is 0 Å². The van der Waals surface area contributed by atoms with Crippen LogP contribution in [0.3, 0.4) is 0 Å². The number of hydrogen-bond donors (Lipinski definition) is 0. The first kappa shape index (κ1) is 16.2. The highest BCUT2D eigenvalue weighted by Gasteiger charge is 2.50. The van der Waals surface area contributed by atoms with Gasteiger partial charge in [0.1, 0.15) is 0 Å². The summed E-state index contributed by atoms with van der Waals surface area (Å²) in [6.45, 7) is 0.407. The van der Waals surface area contributed by atoms with Crippen LogP contribution < -0.4 is 0 Å². The topological polar surface area (TPSA) is 78.9 Å². The fraction of sp³-hybridized carbons (Fsp3) is 0.889.